The normalized spacial score (nSPS) is 14.9. The number of methoxy groups -OCH3 is 1. The first-order chi connectivity index (χ1) is 5.46. The van der Waals surface area contributed by atoms with Crippen molar-refractivity contribution >= 4 is 11.9 Å². The van der Waals surface area contributed by atoms with Crippen LogP contribution in [0.3, 0.4) is 0 Å². The van der Waals surface area contributed by atoms with E-state index in [1.165, 1.54) is 0 Å². The van der Waals surface area contributed by atoms with E-state index in [1.54, 1.807) is 0 Å². The highest BCUT2D eigenvalue weighted by atomic mass is 16.5. The number of aliphatic hydroxyl groups is 1. The molecule has 1 unspecified atom stereocenters. The number of carbonyl (C=O) groups is 2. The minimum atomic E-state index is -2.11. The van der Waals surface area contributed by atoms with Crippen LogP contribution in [0.2, 0.25) is 0 Å². The van der Waals surface area contributed by atoms with E-state index in [0.29, 0.717) is 0 Å². The van der Waals surface area contributed by atoms with E-state index in [4.69, 9.17) is 10.8 Å². The van der Waals surface area contributed by atoms with Crippen molar-refractivity contribution in [3.8, 4) is 0 Å². The van der Waals surface area contributed by atoms with Crippen LogP contribution in [0.1, 0.15) is 6.42 Å². The Bertz CT molecular complexity index is 192. The summed E-state index contributed by atoms with van der Waals surface area (Å²) in [5.41, 5.74) is 2.91. The van der Waals surface area contributed by atoms with Crippen LogP contribution in [-0.2, 0) is 14.3 Å². The lowest BCUT2D eigenvalue weighted by Gasteiger charge is -2.20. The van der Waals surface area contributed by atoms with Crippen molar-refractivity contribution in [3.63, 3.8) is 0 Å². The van der Waals surface area contributed by atoms with Gasteiger partial charge in [0.15, 0.2) is 5.60 Å². The molecule has 70 valence electrons. The van der Waals surface area contributed by atoms with Crippen molar-refractivity contribution in [2.24, 2.45) is 5.73 Å². The van der Waals surface area contributed by atoms with Gasteiger partial charge in [-0.3, -0.25) is 4.79 Å². The lowest BCUT2D eigenvalue weighted by Crippen LogP contribution is -2.48. The van der Waals surface area contributed by atoms with Gasteiger partial charge in [-0.25, -0.2) is 4.79 Å². The van der Waals surface area contributed by atoms with Gasteiger partial charge in [0.05, 0.1) is 13.5 Å². The van der Waals surface area contributed by atoms with Crippen LogP contribution in [0.4, 0.5) is 0 Å². The molecule has 0 aliphatic rings. The number of hydrogen-bond acceptors (Lipinski definition) is 5. The largest absolute Gasteiger partial charge is 0.481 e. The Kier molecular flexibility index (Phi) is 3.65. The van der Waals surface area contributed by atoms with Crippen LogP contribution in [0.15, 0.2) is 0 Å². The van der Waals surface area contributed by atoms with E-state index in [9.17, 15) is 14.7 Å². The van der Waals surface area contributed by atoms with Gasteiger partial charge in [0.1, 0.15) is 0 Å². The maximum Gasteiger partial charge on any atom is 0.339 e. The third-order valence-electron chi connectivity index (χ3n) is 1.35. The number of rotatable bonds is 4. The molecule has 0 spiro atoms. The van der Waals surface area contributed by atoms with Crippen LogP contribution in [0.5, 0.6) is 0 Å². The first-order valence-electron chi connectivity index (χ1n) is 3.19. The predicted octanol–water partition coefficient (Wildman–Crippen LogP) is -1.68. The zero-order valence-corrected chi connectivity index (χ0v) is 6.61. The molecule has 0 aliphatic carbocycles. The molecule has 0 amide bonds. The van der Waals surface area contributed by atoms with Crippen molar-refractivity contribution < 1.29 is 24.5 Å². The Balaban J connectivity index is 4.44. The van der Waals surface area contributed by atoms with Gasteiger partial charge >= 0.3 is 11.9 Å². The molecule has 0 aromatic heterocycles. The fourth-order valence-corrected chi connectivity index (χ4v) is 0.668. The highest BCUT2D eigenvalue weighted by Crippen LogP contribution is 2.10. The molecule has 0 radical (unpaired) electrons. The quantitative estimate of drug-likeness (QED) is 0.442. The van der Waals surface area contributed by atoms with E-state index < -0.39 is 30.5 Å². The summed E-state index contributed by atoms with van der Waals surface area (Å²) in [6, 6.07) is 0. The van der Waals surface area contributed by atoms with Crippen molar-refractivity contribution in [3.05, 3.63) is 0 Å². The number of carboxylic acids is 1. The summed E-state index contributed by atoms with van der Waals surface area (Å²) in [6.07, 6.45) is -0.754. The second kappa shape index (κ2) is 4.03. The van der Waals surface area contributed by atoms with Gasteiger partial charge in [-0.2, -0.15) is 0 Å². The van der Waals surface area contributed by atoms with Crippen LogP contribution < -0.4 is 5.73 Å². The molecular formula is C6H11NO5. The summed E-state index contributed by atoms with van der Waals surface area (Å²) < 4.78 is 4.17. The second-order valence-electron chi connectivity index (χ2n) is 2.30. The summed E-state index contributed by atoms with van der Waals surface area (Å²) >= 11 is 0. The topological polar surface area (TPSA) is 110 Å². The van der Waals surface area contributed by atoms with Crippen molar-refractivity contribution in [2.75, 3.05) is 13.7 Å². The van der Waals surface area contributed by atoms with E-state index in [2.05, 4.69) is 4.74 Å². The number of carbonyl (C=O) groups excluding carboxylic acids is 1. The smallest absolute Gasteiger partial charge is 0.339 e. The van der Waals surface area contributed by atoms with E-state index in [-0.39, 0.29) is 0 Å². The first-order valence-corrected chi connectivity index (χ1v) is 3.19. The van der Waals surface area contributed by atoms with Gasteiger partial charge < -0.3 is 20.7 Å². The third-order valence-corrected chi connectivity index (χ3v) is 1.35. The Hall–Kier alpha value is -1.14. The molecule has 4 N–H and O–H groups in total. The van der Waals surface area contributed by atoms with Crippen LogP contribution in [0.25, 0.3) is 0 Å². The fraction of sp³-hybridized carbons (Fsp3) is 0.667. The highest BCUT2D eigenvalue weighted by molar-refractivity contribution is 5.85. The van der Waals surface area contributed by atoms with Gasteiger partial charge in [0, 0.05) is 6.54 Å². The minimum Gasteiger partial charge on any atom is -0.481 e. The number of nitrogens with two attached hydrogens (primary N) is 1. The molecule has 0 rings (SSSR count). The molecule has 1 atom stereocenters. The Morgan fingerprint density at radius 2 is 2.08 bits per heavy atom. The first kappa shape index (κ1) is 10.9. The molecule has 0 heterocycles. The summed E-state index contributed by atoms with van der Waals surface area (Å²) in [6.45, 7) is -0.480. The van der Waals surface area contributed by atoms with Crippen molar-refractivity contribution in [1.82, 2.24) is 0 Å². The molecule has 6 heteroatoms. The Labute approximate surface area is 68.9 Å². The maximum atomic E-state index is 10.8. The summed E-state index contributed by atoms with van der Waals surface area (Å²) in [4.78, 5) is 21.0. The minimum absolute atomic E-state index is 0.480. The summed E-state index contributed by atoms with van der Waals surface area (Å²) in [7, 11) is 1.05. The average molecular weight is 177 g/mol. The van der Waals surface area contributed by atoms with Gasteiger partial charge in [-0.15, -0.1) is 0 Å². The molecule has 0 aromatic carbocycles. The number of aliphatic carboxylic acids is 1. The molecule has 0 aromatic rings. The highest BCUT2D eigenvalue weighted by Gasteiger charge is 2.38. The Morgan fingerprint density at radius 3 is 2.33 bits per heavy atom. The Morgan fingerprint density at radius 1 is 1.58 bits per heavy atom. The number of ether oxygens (including phenoxy) is 1. The van der Waals surface area contributed by atoms with E-state index in [1.807, 2.05) is 0 Å². The fourth-order valence-electron chi connectivity index (χ4n) is 0.668. The van der Waals surface area contributed by atoms with Crippen LogP contribution >= 0.6 is 0 Å². The predicted molar refractivity (Wildman–Crippen MR) is 38.3 cm³/mol. The molecule has 0 saturated heterocycles. The average Bonchev–Trinajstić information content (AvgIpc) is 2.01. The van der Waals surface area contributed by atoms with Crippen LogP contribution in [-0.4, -0.2) is 41.4 Å². The second-order valence-corrected chi connectivity index (χ2v) is 2.30. The van der Waals surface area contributed by atoms with E-state index in [0.717, 1.165) is 7.11 Å². The summed E-state index contributed by atoms with van der Waals surface area (Å²) in [5, 5.41) is 17.6. The molecule has 0 bridgehead atoms. The molecule has 0 fully saturated rings. The van der Waals surface area contributed by atoms with Crippen molar-refractivity contribution in [2.45, 2.75) is 12.0 Å². The lowest BCUT2D eigenvalue weighted by atomic mass is 10.0. The van der Waals surface area contributed by atoms with E-state index >= 15 is 0 Å². The van der Waals surface area contributed by atoms with Gasteiger partial charge in [-0.1, -0.05) is 0 Å². The van der Waals surface area contributed by atoms with Crippen molar-refractivity contribution in [1.29, 1.82) is 0 Å². The number of esters is 1. The maximum absolute atomic E-state index is 10.8. The molecular weight excluding hydrogens is 166 g/mol. The molecule has 0 aliphatic heterocycles. The van der Waals surface area contributed by atoms with Gasteiger partial charge in [-0.05, 0) is 0 Å². The monoisotopic (exact) mass is 177 g/mol. The lowest BCUT2D eigenvalue weighted by molar-refractivity contribution is -0.167. The van der Waals surface area contributed by atoms with Gasteiger partial charge in [0.2, 0.25) is 0 Å². The molecule has 12 heavy (non-hydrogen) atoms. The number of carboxylic acid groups (broad SMARTS) is 1. The molecule has 6 nitrogen and oxygen atoms in total. The van der Waals surface area contributed by atoms with Crippen LogP contribution in [0, 0.1) is 0 Å². The summed E-state index contributed by atoms with van der Waals surface area (Å²) in [5.74, 6) is -2.35. The number of hydrogen-bond donors (Lipinski definition) is 3. The standard InChI is InChI=1S/C6H11NO5/c1-12-5(10)6(11,3-7)2-4(8)9/h11H,2-3,7H2,1H3,(H,8,9). The third kappa shape index (κ3) is 2.48. The van der Waals surface area contributed by atoms with Gasteiger partial charge in [0.25, 0.3) is 0 Å². The zero-order valence-electron chi connectivity index (χ0n) is 6.61. The zero-order chi connectivity index (χ0) is 9.78. The SMILES string of the molecule is COC(=O)C(O)(CN)CC(=O)O. The molecule has 0 saturated carbocycles.